The molecule has 222 valence electrons. The molecule has 0 radical (unpaired) electrons. The quantitative estimate of drug-likeness (QED) is 0.186. The number of allylic oxidation sites excluding steroid dienone is 2. The van der Waals surface area contributed by atoms with Crippen molar-refractivity contribution in [3.8, 4) is 22.8 Å². The van der Waals surface area contributed by atoms with Gasteiger partial charge in [0.2, 0.25) is 0 Å². The summed E-state index contributed by atoms with van der Waals surface area (Å²) in [6, 6.07) is 30.5. The topological polar surface area (TPSA) is 105 Å². The van der Waals surface area contributed by atoms with Crippen molar-refractivity contribution in [3.63, 3.8) is 0 Å². The summed E-state index contributed by atoms with van der Waals surface area (Å²) in [5, 5.41) is 5.57. The number of benzene rings is 4. The van der Waals surface area contributed by atoms with Crippen molar-refractivity contribution in [2.24, 2.45) is 0 Å². The minimum Gasteiger partial charge on any atom is -0.489 e. The number of carbonyl (C=O) groups excluding carboxylic acids is 1. The van der Waals surface area contributed by atoms with E-state index in [0.29, 0.717) is 57.3 Å². The lowest BCUT2D eigenvalue weighted by atomic mass is 9.83. The number of ether oxygens (including phenoxy) is 2. The highest BCUT2D eigenvalue weighted by atomic mass is 19.1. The number of halogens is 1. The fourth-order valence-electron chi connectivity index (χ4n) is 5.77. The predicted molar refractivity (Wildman–Crippen MR) is 170 cm³/mol. The number of para-hydroxylation sites is 1. The Labute approximate surface area is 258 Å². The molecular weight excluding hydrogens is 569 g/mol. The molecule has 1 aliphatic rings. The Morgan fingerprint density at radius 2 is 1.73 bits per heavy atom. The van der Waals surface area contributed by atoms with Crippen LogP contribution in [0.5, 0.6) is 11.5 Å². The number of hydrogen-bond donors (Lipinski definition) is 1. The number of carbonyl (C=O) groups is 1. The van der Waals surface area contributed by atoms with Crippen LogP contribution in [0, 0.1) is 5.82 Å². The second-order valence-electron chi connectivity index (χ2n) is 10.8. The predicted octanol–water partition coefficient (Wildman–Crippen LogP) is 7.14. The molecule has 1 aliphatic heterocycles. The van der Waals surface area contributed by atoms with Crippen LogP contribution in [0.2, 0.25) is 0 Å². The largest absolute Gasteiger partial charge is 0.489 e. The number of fused-ring (bicyclic) bond motifs is 2. The summed E-state index contributed by atoms with van der Waals surface area (Å²) in [5.41, 5.74) is 11.2. The molecule has 4 aromatic carbocycles. The smallest absolute Gasteiger partial charge is 0.164 e. The molecule has 0 saturated heterocycles. The third kappa shape index (κ3) is 5.18. The van der Waals surface area contributed by atoms with Crippen LogP contribution in [0.1, 0.15) is 35.6 Å². The van der Waals surface area contributed by atoms with E-state index in [-0.39, 0.29) is 5.82 Å². The monoisotopic (exact) mass is 597 g/mol. The third-order valence-corrected chi connectivity index (χ3v) is 7.96. The van der Waals surface area contributed by atoms with Crippen LogP contribution in [-0.2, 0) is 11.4 Å². The molecule has 2 unspecified atom stereocenters. The molecule has 6 aromatic rings. The number of aromatic nitrogens is 4. The zero-order valence-electron chi connectivity index (χ0n) is 24.3. The average molecular weight is 598 g/mol. The molecule has 2 N–H and O–H groups in total. The molecule has 0 fully saturated rings. The van der Waals surface area contributed by atoms with Gasteiger partial charge in [-0.3, -0.25) is 0 Å². The summed E-state index contributed by atoms with van der Waals surface area (Å²) in [4.78, 5) is 21.4. The zero-order chi connectivity index (χ0) is 30.9. The normalized spacial score (nSPS) is 14.9. The van der Waals surface area contributed by atoms with Crippen molar-refractivity contribution in [3.05, 3.63) is 138 Å². The van der Waals surface area contributed by atoms with Gasteiger partial charge in [0.25, 0.3) is 0 Å². The number of nitrogen functional groups attached to an aromatic ring is 1. The molecule has 0 saturated carbocycles. The van der Waals surface area contributed by atoms with E-state index >= 15 is 0 Å². The molecule has 3 heterocycles. The van der Waals surface area contributed by atoms with Crippen LogP contribution in [0.15, 0.2) is 115 Å². The molecule has 7 rings (SSSR count). The molecule has 2 aromatic heterocycles. The fourth-order valence-corrected chi connectivity index (χ4v) is 5.77. The maximum atomic E-state index is 14.5. The molecule has 45 heavy (non-hydrogen) atoms. The van der Waals surface area contributed by atoms with Gasteiger partial charge in [-0.2, -0.15) is 5.10 Å². The highest BCUT2D eigenvalue weighted by Crippen LogP contribution is 2.46. The van der Waals surface area contributed by atoms with Gasteiger partial charge in [-0.1, -0.05) is 60.7 Å². The van der Waals surface area contributed by atoms with E-state index in [0.717, 1.165) is 17.4 Å². The number of hydrogen-bond acceptors (Lipinski definition) is 7. The molecular formula is C36H28FN5O3. The van der Waals surface area contributed by atoms with Gasteiger partial charge in [-0.15, -0.1) is 0 Å². The molecule has 0 bridgehead atoms. The third-order valence-electron chi connectivity index (χ3n) is 7.96. The molecule has 0 aliphatic carbocycles. The Balaban J connectivity index is 1.32. The number of aldehydes is 1. The first kappa shape index (κ1) is 28.0. The van der Waals surface area contributed by atoms with Crippen molar-refractivity contribution >= 4 is 28.7 Å². The lowest BCUT2D eigenvalue weighted by Gasteiger charge is -2.31. The highest BCUT2D eigenvalue weighted by Gasteiger charge is 2.35. The van der Waals surface area contributed by atoms with Crippen molar-refractivity contribution < 1.29 is 18.7 Å². The maximum absolute atomic E-state index is 14.5. The van der Waals surface area contributed by atoms with E-state index in [4.69, 9.17) is 20.3 Å². The van der Waals surface area contributed by atoms with Crippen LogP contribution in [-0.4, -0.2) is 26.0 Å². The highest BCUT2D eigenvalue weighted by molar-refractivity contribution is 5.98. The van der Waals surface area contributed by atoms with E-state index in [1.807, 2.05) is 85.8 Å². The Bertz CT molecular complexity index is 2060. The van der Waals surface area contributed by atoms with Crippen molar-refractivity contribution in [2.75, 3.05) is 5.73 Å². The van der Waals surface area contributed by atoms with Crippen LogP contribution in [0.4, 0.5) is 10.2 Å². The number of anilines is 1. The van der Waals surface area contributed by atoms with Crippen LogP contribution in [0.25, 0.3) is 27.9 Å². The van der Waals surface area contributed by atoms with Crippen molar-refractivity contribution in [2.45, 2.75) is 25.5 Å². The van der Waals surface area contributed by atoms with E-state index in [1.165, 1.54) is 18.5 Å². The lowest BCUT2D eigenvalue weighted by Crippen LogP contribution is -2.23. The zero-order valence-corrected chi connectivity index (χ0v) is 24.3. The van der Waals surface area contributed by atoms with E-state index in [9.17, 15) is 9.18 Å². The van der Waals surface area contributed by atoms with Crippen molar-refractivity contribution in [1.29, 1.82) is 0 Å². The Hall–Kier alpha value is -5.83. The molecule has 0 amide bonds. The van der Waals surface area contributed by atoms with E-state index < -0.39 is 17.8 Å². The summed E-state index contributed by atoms with van der Waals surface area (Å²) in [5.74, 6) is 0.890. The standard InChI is InChI=1S/C36H28FN5O3/c1-22(34-31(25-10-7-11-26(37)18-25)29(19-43)28-12-5-6-13-30(28)45-34)42-36-32(35(38)39-21-40-36)33(41-42)24-14-16-27(17-15-24)44-20-23-8-3-2-4-9-23/h2-19,21-22,29H,20H2,1H3,(H2,38,39,40). The van der Waals surface area contributed by atoms with Gasteiger partial charge in [-0.25, -0.2) is 19.0 Å². The number of nitrogens with two attached hydrogens (primary N) is 1. The molecule has 0 spiro atoms. The number of nitrogens with zero attached hydrogens (tertiary/aromatic N) is 4. The van der Waals surface area contributed by atoms with Crippen LogP contribution >= 0.6 is 0 Å². The van der Waals surface area contributed by atoms with Gasteiger partial charge < -0.3 is 20.0 Å². The van der Waals surface area contributed by atoms with Gasteiger partial charge >= 0.3 is 0 Å². The molecule has 8 nitrogen and oxygen atoms in total. The summed E-state index contributed by atoms with van der Waals surface area (Å²) in [7, 11) is 0. The first-order valence-electron chi connectivity index (χ1n) is 14.5. The average Bonchev–Trinajstić information content (AvgIpc) is 3.48. The Kier molecular flexibility index (Phi) is 7.27. The van der Waals surface area contributed by atoms with Gasteiger partial charge in [-0.05, 0) is 60.5 Å². The Morgan fingerprint density at radius 1 is 0.956 bits per heavy atom. The number of rotatable bonds is 8. The lowest BCUT2D eigenvalue weighted by molar-refractivity contribution is -0.108. The van der Waals surface area contributed by atoms with Crippen LogP contribution < -0.4 is 15.2 Å². The first-order valence-corrected chi connectivity index (χ1v) is 14.5. The summed E-state index contributed by atoms with van der Waals surface area (Å²) in [6.45, 7) is 2.35. The Morgan fingerprint density at radius 3 is 2.51 bits per heavy atom. The summed E-state index contributed by atoms with van der Waals surface area (Å²) < 4.78 is 28.7. The van der Waals surface area contributed by atoms with Gasteiger partial charge in [0, 0.05) is 16.7 Å². The van der Waals surface area contributed by atoms with Crippen molar-refractivity contribution in [1.82, 2.24) is 19.7 Å². The molecule has 2 atom stereocenters. The van der Waals surface area contributed by atoms with Crippen LogP contribution in [0.3, 0.4) is 0 Å². The minimum absolute atomic E-state index is 0.276. The van der Waals surface area contributed by atoms with E-state index in [2.05, 4.69) is 9.97 Å². The minimum atomic E-state index is -0.682. The first-order chi connectivity index (χ1) is 22.0. The summed E-state index contributed by atoms with van der Waals surface area (Å²) >= 11 is 0. The van der Waals surface area contributed by atoms with E-state index in [1.54, 1.807) is 16.8 Å². The van der Waals surface area contributed by atoms with Gasteiger partial charge in [0.15, 0.2) is 5.65 Å². The van der Waals surface area contributed by atoms with Gasteiger partial charge in [0.05, 0.1) is 11.3 Å². The van der Waals surface area contributed by atoms with Gasteiger partial charge in [0.1, 0.15) is 59.8 Å². The second kappa shape index (κ2) is 11.7. The molecule has 9 heteroatoms. The SMILES string of the molecule is CC(C1=C(c2cccc(F)c2)C(C=O)c2ccccc2O1)n1nc(-c2ccc(OCc3ccccc3)cc2)c2c(N)ncnc21. The maximum Gasteiger partial charge on any atom is 0.164 e. The fraction of sp³-hybridized carbons (Fsp3) is 0.111. The summed E-state index contributed by atoms with van der Waals surface area (Å²) in [6.07, 6.45) is 2.25. The second-order valence-corrected chi connectivity index (χ2v) is 10.8.